The molecule has 0 amide bonds. The van der Waals surface area contributed by atoms with Crippen LogP contribution < -0.4 is 24.4 Å². The Labute approximate surface area is 209 Å². The SMILES string of the molecule is COC(=O)C1=C(C)N=c2s/c(=C\c3cccc(OC(C)=O)c3)c(=O)n2C1c1ccc(OC(C)=O)cc1. The van der Waals surface area contributed by atoms with E-state index in [2.05, 4.69) is 4.99 Å². The molecule has 2 aromatic carbocycles. The van der Waals surface area contributed by atoms with Crippen molar-refractivity contribution >= 4 is 35.3 Å². The summed E-state index contributed by atoms with van der Waals surface area (Å²) in [5.41, 5.74) is 1.59. The minimum absolute atomic E-state index is 0.230. The smallest absolute Gasteiger partial charge is 0.338 e. The average molecular weight is 507 g/mol. The number of methoxy groups -OCH3 is 1. The molecule has 1 atom stereocenters. The standard InChI is InChI=1S/C26H22N2O7S/c1-14-22(25(32)33-4)23(18-8-10-19(11-9-18)34-15(2)29)28-24(31)21(36-26(28)27-14)13-17-6-5-7-20(12-17)35-16(3)30/h5-13,23H,1-4H3/b21-13-. The monoisotopic (exact) mass is 506 g/mol. The molecule has 10 heteroatoms. The Hall–Kier alpha value is -4.31. The Morgan fingerprint density at radius 3 is 2.31 bits per heavy atom. The van der Waals surface area contributed by atoms with Gasteiger partial charge in [0, 0.05) is 13.8 Å². The number of aromatic nitrogens is 1. The van der Waals surface area contributed by atoms with Crippen LogP contribution in [-0.4, -0.2) is 29.6 Å². The molecule has 0 aliphatic carbocycles. The molecule has 2 heterocycles. The zero-order valence-corrected chi connectivity index (χ0v) is 20.8. The highest BCUT2D eigenvalue weighted by atomic mass is 32.1. The number of hydrogen-bond acceptors (Lipinski definition) is 9. The molecule has 0 N–H and O–H groups in total. The minimum Gasteiger partial charge on any atom is -0.466 e. The zero-order valence-electron chi connectivity index (χ0n) is 19.9. The molecule has 0 bridgehead atoms. The summed E-state index contributed by atoms with van der Waals surface area (Å²) >= 11 is 1.18. The van der Waals surface area contributed by atoms with Crippen LogP contribution in [0.4, 0.5) is 0 Å². The molecule has 0 spiro atoms. The number of carbonyl (C=O) groups is 3. The quantitative estimate of drug-likeness (QED) is 0.385. The third kappa shape index (κ3) is 5.03. The van der Waals surface area contributed by atoms with Crippen LogP contribution in [0, 0.1) is 0 Å². The predicted molar refractivity (Wildman–Crippen MR) is 131 cm³/mol. The van der Waals surface area contributed by atoms with Crippen molar-refractivity contribution in [3.63, 3.8) is 0 Å². The highest BCUT2D eigenvalue weighted by molar-refractivity contribution is 7.07. The molecular formula is C26H22N2O7S. The molecule has 4 rings (SSSR count). The number of hydrogen-bond donors (Lipinski definition) is 0. The molecule has 1 unspecified atom stereocenters. The van der Waals surface area contributed by atoms with Gasteiger partial charge in [-0.2, -0.15) is 0 Å². The van der Waals surface area contributed by atoms with Gasteiger partial charge in [0.15, 0.2) is 4.80 Å². The van der Waals surface area contributed by atoms with Gasteiger partial charge in [0.05, 0.1) is 29.0 Å². The number of esters is 3. The van der Waals surface area contributed by atoms with E-state index in [0.29, 0.717) is 37.7 Å². The van der Waals surface area contributed by atoms with Crippen molar-refractivity contribution in [2.75, 3.05) is 7.11 Å². The molecule has 0 fully saturated rings. The number of rotatable bonds is 5. The lowest BCUT2D eigenvalue weighted by Gasteiger charge is -2.24. The van der Waals surface area contributed by atoms with Gasteiger partial charge in [-0.3, -0.25) is 19.0 Å². The second kappa shape index (κ2) is 10.1. The third-order valence-corrected chi connectivity index (χ3v) is 6.28. The second-order valence-corrected chi connectivity index (χ2v) is 8.91. The molecular weight excluding hydrogens is 484 g/mol. The number of benzene rings is 2. The molecule has 3 aromatic rings. The minimum atomic E-state index is -0.797. The Kier molecular flexibility index (Phi) is 6.98. The van der Waals surface area contributed by atoms with Crippen LogP contribution in [0.25, 0.3) is 6.08 Å². The van der Waals surface area contributed by atoms with Gasteiger partial charge in [0.25, 0.3) is 5.56 Å². The maximum absolute atomic E-state index is 13.6. The molecule has 1 aliphatic heterocycles. The number of ether oxygens (including phenoxy) is 3. The van der Waals surface area contributed by atoms with Crippen LogP contribution in [0.1, 0.15) is 37.9 Å². The number of allylic oxidation sites excluding steroid dienone is 1. The fraction of sp³-hybridized carbons (Fsp3) is 0.192. The van der Waals surface area contributed by atoms with Gasteiger partial charge in [0.2, 0.25) is 0 Å². The molecule has 1 aliphatic rings. The van der Waals surface area contributed by atoms with E-state index in [1.54, 1.807) is 61.5 Å². The summed E-state index contributed by atoms with van der Waals surface area (Å²) in [6.45, 7) is 4.30. The molecule has 184 valence electrons. The fourth-order valence-corrected chi connectivity index (χ4v) is 4.92. The van der Waals surface area contributed by atoms with Crippen LogP contribution in [-0.2, 0) is 19.1 Å². The Bertz CT molecular complexity index is 1580. The molecule has 0 radical (unpaired) electrons. The summed E-state index contributed by atoms with van der Waals surface area (Å²) in [5, 5.41) is 0. The van der Waals surface area contributed by atoms with Gasteiger partial charge in [-0.05, 0) is 48.4 Å². The Morgan fingerprint density at radius 2 is 1.67 bits per heavy atom. The van der Waals surface area contributed by atoms with Crippen molar-refractivity contribution in [2.24, 2.45) is 4.99 Å². The number of nitrogens with zero attached hydrogens (tertiary/aromatic N) is 2. The van der Waals surface area contributed by atoms with E-state index in [1.807, 2.05) is 0 Å². The van der Waals surface area contributed by atoms with Gasteiger partial charge >= 0.3 is 17.9 Å². The lowest BCUT2D eigenvalue weighted by atomic mass is 9.96. The van der Waals surface area contributed by atoms with Crippen LogP contribution >= 0.6 is 11.3 Å². The summed E-state index contributed by atoms with van der Waals surface area (Å²) in [4.78, 5) is 53.8. The largest absolute Gasteiger partial charge is 0.466 e. The average Bonchev–Trinajstić information content (AvgIpc) is 3.12. The van der Waals surface area contributed by atoms with Crippen molar-refractivity contribution in [1.82, 2.24) is 4.57 Å². The topological polar surface area (TPSA) is 113 Å². The maximum atomic E-state index is 13.6. The van der Waals surface area contributed by atoms with E-state index >= 15 is 0 Å². The number of fused-ring (bicyclic) bond motifs is 1. The zero-order chi connectivity index (χ0) is 26.0. The summed E-state index contributed by atoms with van der Waals surface area (Å²) < 4.78 is 17.1. The van der Waals surface area contributed by atoms with Crippen LogP contribution in [0.2, 0.25) is 0 Å². The van der Waals surface area contributed by atoms with Crippen molar-refractivity contribution in [1.29, 1.82) is 0 Å². The van der Waals surface area contributed by atoms with Gasteiger partial charge in [-0.25, -0.2) is 9.79 Å². The Morgan fingerprint density at radius 1 is 1.00 bits per heavy atom. The lowest BCUT2D eigenvalue weighted by molar-refractivity contribution is -0.136. The molecule has 1 aromatic heterocycles. The first-order chi connectivity index (χ1) is 17.2. The van der Waals surface area contributed by atoms with Gasteiger partial charge < -0.3 is 14.2 Å². The van der Waals surface area contributed by atoms with Crippen molar-refractivity contribution in [3.8, 4) is 11.5 Å². The summed E-state index contributed by atoms with van der Waals surface area (Å²) in [6, 6.07) is 12.6. The van der Waals surface area contributed by atoms with E-state index in [9.17, 15) is 19.2 Å². The number of carbonyl (C=O) groups excluding carboxylic acids is 3. The fourth-order valence-electron chi connectivity index (χ4n) is 3.88. The molecule has 9 nitrogen and oxygen atoms in total. The van der Waals surface area contributed by atoms with E-state index in [-0.39, 0.29) is 11.1 Å². The summed E-state index contributed by atoms with van der Waals surface area (Å²) in [6.07, 6.45) is 1.68. The van der Waals surface area contributed by atoms with Crippen molar-refractivity contribution < 1.29 is 28.6 Å². The van der Waals surface area contributed by atoms with Crippen molar-refractivity contribution in [2.45, 2.75) is 26.8 Å². The second-order valence-electron chi connectivity index (χ2n) is 7.90. The van der Waals surface area contributed by atoms with E-state index in [1.165, 1.54) is 36.9 Å². The van der Waals surface area contributed by atoms with E-state index in [4.69, 9.17) is 14.2 Å². The highest BCUT2D eigenvalue weighted by Gasteiger charge is 2.33. The normalized spacial score (nSPS) is 15.1. The first-order valence-electron chi connectivity index (χ1n) is 10.9. The van der Waals surface area contributed by atoms with Crippen LogP contribution in [0.3, 0.4) is 0 Å². The van der Waals surface area contributed by atoms with Crippen molar-refractivity contribution in [3.05, 3.63) is 90.6 Å². The lowest BCUT2D eigenvalue weighted by Crippen LogP contribution is -2.39. The summed E-state index contributed by atoms with van der Waals surface area (Å²) in [7, 11) is 1.27. The maximum Gasteiger partial charge on any atom is 0.338 e. The van der Waals surface area contributed by atoms with Gasteiger partial charge in [-0.1, -0.05) is 35.6 Å². The van der Waals surface area contributed by atoms with Crippen LogP contribution in [0.5, 0.6) is 11.5 Å². The number of thiazole rings is 1. The van der Waals surface area contributed by atoms with Crippen LogP contribution in [0.15, 0.2) is 69.6 Å². The van der Waals surface area contributed by atoms with E-state index in [0.717, 1.165) is 0 Å². The summed E-state index contributed by atoms with van der Waals surface area (Å²) in [5.74, 6) is -0.810. The van der Waals surface area contributed by atoms with Gasteiger partial charge in [0.1, 0.15) is 11.5 Å². The molecule has 0 saturated heterocycles. The predicted octanol–water partition coefficient (Wildman–Crippen LogP) is 2.26. The Balaban J connectivity index is 1.87. The first-order valence-corrected chi connectivity index (χ1v) is 11.7. The molecule has 36 heavy (non-hydrogen) atoms. The first kappa shape index (κ1) is 24.8. The molecule has 0 saturated carbocycles. The van der Waals surface area contributed by atoms with E-state index < -0.39 is 23.9 Å². The highest BCUT2D eigenvalue weighted by Crippen LogP contribution is 2.31. The third-order valence-electron chi connectivity index (χ3n) is 5.30. The van der Waals surface area contributed by atoms with Gasteiger partial charge in [-0.15, -0.1) is 0 Å².